The van der Waals surface area contributed by atoms with E-state index in [0.29, 0.717) is 17.0 Å². The van der Waals surface area contributed by atoms with E-state index in [1.807, 2.05) is 0 Å². The zero-order chi connectivity index (χ0) is 27.8. The predicted molar refractivity (Wildman–Crippen MR) is 136 cm³/mol. The van der Waals surface area contributed by atoms with Crippen LogP contribution in [0.3, 0.4) is 0 Å². The molecule has 1 amide bonds. The van der Waals surface area contributed by atoms with Gasteiger partial charge in [0.25, 0.3) is 0 Å². The number of ketones is 2. The SMILES string of the molecule is CCOC(=O)C(CC(=O)c1c(F)ccc2nc(C)c(NC3CC3)nc12)C(=O)C1(NC(=O)OC(C)(C)C)CC1. The molecule has 0 radical (unpaired) electrons. The maximum atomic E-state index is 15.1. The van der Waals surface area contributed by atoms with E-state index in [1.165, 1.54) is 6.07 Å². The van der Waals surface area contributed by atoms with Gasteiger partial charge >= 0.3 is 12.1 Å². The number of aryl methyl sites for hydroxylation is 1. The number of nitrogens with one attached hydrogen (secondary N) is 2. The number of carbonyl (C=O) groups is 4. The molecule has 0 spiro atoms. The van der Waals surface area contributed by atoms with Gasteiger partial charge in [-0.25, -0.2) is 19.2 Å². The number of aromatic nitrogens is 2. The molecule has 10 nitrogen and oxygen atoms in total. The number of anilines is 1. The van der Waals surface area contributed by atoms with Crippen LogP contribution in [0, 0.1) is 18.7 Å². The first-order valence-electron chi connectivity index (χ1n) is 12.8. The molecule has 11 heteroatoms. The molecule has 2 saturated carbocycles. The average molecular weight is 529 g/mol. The molecule has 204 valence electrons. The normalized spacial score (nSPS) is 16.9. The number of halogens is 1. The predicted octanol–water partition coefficient (Wildman–Crippen LogP) is 4.03. The number of hydrogen-bond donors (Lipinski definition) is 2. The first-order chi connectivity index (χ1) is 17.8. The fourth-order valence-electron chi connectivity index (χ4n) is 4.21. The van der Waals surface area contributed by atoms with Crippen molar-refractivity contribution in [1.29, 1.82) is 0 Å². The number of alkyl carbamates (subject to hydrolysis) is 1. The second-order valence-electron chi connectivity index (χ2n) is 10.9. The van der Waals surface area contributed by atoms with E-state index in [9.17, 15) is 19.2 Å². The van der Waals surface area contributed by atoms with Crippen molar-refractivity contribution in [3.05, 3.63) is 29.2 Å². The van der Waals surface area contributed by atoms with Crippen molar-refractivity contribution < 1.29 is 33.0 Å². The zero-order valence-corrected chi connectivity index (χ0v) is 22.3. The quantitative estimate of drug-likeness (QED) is 0.266. The van der Waals surface area contributed by atoms with Gasteiger partial charge in [-0.2, -0.15) is 0 Å². The van der Waals surface area contributed by atoms with E-state index in [-0.39, 0.29) is 36.6 Å². The van der Waals surface area contributed by atoms with E-state index in [0.717, 1.165) is 18.9 Å². The monoisotopic (exact) mass is 528 g/mol. The summed E-state index contributed by atoms with van der Waals surface area (Å²) in [4.78, 5) is 61.2. The average Bonchev–Trinajstić information content (AvgIpc) is 3.74. The van der Waals surface area contributed by atoms with E-state index in [2.05, 4.69) is 20.6 Å². The molecule has 0 bridgehead atoms. The molecule has 1 heterocycles. The molecule has 0 aliphatic heterocycles. The molecule has 0 saturated heterocycles. The van der Waals surface area contributed by atoms with Crippen LogP contribution in [0.25, 0.3) is 11.0 Å². The molecule has 2 aliphatic rings. The van der Waals surface area contributed by atoms with Crippen LogP contribution >= 0.6 is 0 Å². The van der Waals surface area contributed by atoms with Gasteiger partial charge < -0.3 is 20.1 Å². The lowest BCUT2D eigenvalue weighted by atomic mass is 9.89. The Balaban J connectivity index is 1.63. The van der Waals surface area contributed by atoms with E-state index < -0.39 is 52.9 Å². The fourth-order valence-corrected chi connectivity index (χ4v) is 4.21. The highest BCUT2D eigenvalue weighted by Crippen LogP contribution is 2.40. The first-order valence-corrected chi connectivity index (χ1v) is 12.8. The smallest absolute Gasteiger partial charge is 0.408 e. The van der Waals surface area contributed by atoms with Crippen LogP contribution in [0.15, 0.2) is 12.1 Å². The summed E-state index contributed by atoms with van der Waals surface area (Å²) in [6.45, 7) is 8.37. The summed E-state index contributed by atoms with van der Waals surface area (Å²) in [5, 5.41) is 5.79. The maximum absolute atomic E-state index is 15.1. The number of carbonyl (C=O) groups excluding carboxylic acids is 4. The summed E-state index contributed by atoms with van der Waals surface area (Å²) in [5.41, 5.74) is -1.52. The van der Waals surface area contributed by atoms with Crippen LogP contribution in [0.5, 0.6) is 0 Å². The minimum absolute atomic E-state index is 0.0210. The molecule has 2 fully saturated rings. The van der Waals surface area contributed by atoms with Gasteiger partial charge in [-0.3, -0.25) is 14.4 Å². The first kappa shape index (κ1) is 27.4. The third-order valence-corrected chi connectivity index (χ3v) is 6.40. The van der Waals surface area contributed by atoms with Gasteiger partial charge in [0.2, 0.25) is 0 Å². The number of rotatable bonds is 10. The molecule has 1 atom stereocenters. The third-order valence-electron chi connectivity index (χ3n) is 6.40. The number of esters is 1. The van der Waals surface area contributed by atoms with Crippen molar-refractivity contribution in [3.8, 4) is 0 Å². The van der Waals surface area contributed by atoms with Gasteiger partial charge in [-0.05, 0) is 72.4 Å². The van der Waals surface area contributed by atoms with E-state index >= 15 is 4.39 Å². The number of fused-ring (bicyclic) bond motifs is 1. The van der Waals surface area contributed by atoms with Crippen LogP contribution in [0.4, 0.5) is 15.0 Å². The standard InChI is InChI=1S/C27H33FN4O6/c1-6-37-24(35)16(22(34)27(11-12-27)32-25(36)38-26(3,4)5)13-19(33)20-17(28)9-10-18-21(20)31-23(14(2)29-18)30-15-7-8-15/h9-10,15-16H,6-8,11-13H2,1-5H3,(H,30,31)(H,32,36). The van der Waals surface area contributed by atoms with Crippen LogP contribution < -0.4 is 10.6 Å². The molecular weight excluding hydrogens is 495 g/mol. The molecule has 2 N–H and O–H groups in total. The highest BCUT2D eigenvalue weighted by Gasteiger charge is 2.55. The second-order valence-corrected chi connectivity index (χ2v) is 10.9. The fraction of sp³-hybridized carbons (Fsp3) is 0.556. The summed E-state index contributed by atoms with van der Waals surface area (Å²) in [5.74, 6) is -4.30. The molecule has 38 heavy (non-hydrogen) atoms. The molecule has 1 aromatic carbocycles. The molecular formula is C27H33FN4O6. The largest absolute Gasteiger partial charge is 0.465 e. The maximum Gasteiger partial charge on any atom is 0.408 e. The van der Waals surface area contributed by atoms with Crippen LogP contribution in [0.2, 0.25) is 0 Å². The van der Waals surface area contributed by atoms with Crippen LogP contribution in [0.1, 0.15) is 75.9 Å². The summed E-state index contributed by atoms with van der Waals surface area (Å²) in [7, 11) is 0. The summed E-state index contributed by atoms with van der Waals surface area (Å²) < 4.78 is 25.4. The number of amides is 1. The summed E-state index contributed by atoms with van der Waals surface area (Å²) >= 11 is 0. The van der Waals surface area contributed by atoms with Crippen molar-refractivity contribution in [2.45, 2.75) is 83.9 Å². The lowest BCUT2D eigenvalue weighted by molar-refractivity contribution is -0.152. The number of nitrogens with zero attached hydrogens (tertiary/aromatic N) is 2. The van der Waals surface area contributed by atoms with Crippen LogP contribution in [-0.4, -0.2) is 57.4 Å². The number of Topliss-reactive ketones (excluding diaryl/α,β-unsaturated/α-hetero) is 2. The van der Waals surface area contributed by atoms with Crippen LogP contribution in [-0.2, 0) is 19.1 Å². The highest BCUT2D eigenvalue weighted by molar-refractivity contribution is 6.13. The number of benzene rings is 1. The Kier molecular flexibility index (Phi) is 7.40. The number of ether oxygens (including phenoxy) is 2. The summed E-state index contributed by atoms with van der Waals surface area (Å²) in [6, 6.07) is 2.80. The van der Waals surface area contributed by atoms with Gasteiger partial charge in [0.1, 0.15) is 34.2 Å². The van der Waals surface area contributed by atoms with Crippen molar-refractivity contribution in [2.24, 2.45) is 5.92 Å². The highest BCUT2D eigenvalue weighted by atomic mass is 19.1. The topological polar surface area (TPSA) is 137 Å². The molecule has 4 rings (SSSR count). The Hall–Kier alpha value is -3.63. The number of hydrogen-bond acceptors (Lipinski definition) is 9. The third kappa shape index (κ3) is 6.08. The molecule has 1 aromatic heterocycles. The Morgan fingerprint density at radius 2 is 1.84 bits per heavy atom. The van der Waals surface area contributed by atoms with Gasteiger partial charge in [0.15, 0.2) is 11.6 Å². The van der Waals surface area contributed by atoms with Gasteiger partial charge in [0, 0.05) is 12.5 Å². The Morgan fingerprint density at radius 3 is 2.42 bits per heavy atom. The minimum Gasteiger partial charge on any atom is -0.465 e. The van der Waals surface area contributed by atoms with Gasteiger partial charge in [-0.15, -0.1) is 0 Å². The van der Waals surface area contributed by atoms with E-state index in [1.54, 1.807) is 34.6 Å². The van der Waals surface area contributed by atoms with Gasteiger partial charge in [0.05, 0.1) is 23.4 Å². The minimum atomic E-state index is -1.54. The molecule has 2 aromatic rings. The summed E-state index contributed by atoms with van der Waals surface area (Å²) in [6.07, 6.45) is 1.07. The second kappa shape index (κ2) is 10.3. The Bertz CT molecular complexity index is 1300. The van der Waals surface area contributed by atoms with Gasteiger partial charge in [-0.1, -0.05) is 0 Å². The van der Waals surface area contributed by atoms with E-state index in [4.69, 9.17) is 9.47 Å². The lowest BCUT2D eigenvalue weighted by Gasteiger charge is -2.25. The zero-order valence-electron chi connectivity index (χ0n) is 22.3. The van der Waals surface area contributed by atoms with Crippen molar-refractivity contribution in [3.63, 3.8) is 0 Å². The van der Waals surface area contributed by atoms with Crippen molar-refractivity contribution in [2.75, 3.05) is 11.9 Å². The molecule has 2 aliphatic carbocycles. The molecule has 1 unspecified atom stereocenters. The van der Waals surface area contributed by atoms with Crippen molar-refractivity contribution >= 4 is 40.5 Å². The Morgan fingerprint density at radius 1 is 1.16 bits per heavy atom. The Labute approximate surface area is 220 Å². The lowest BCUT2D eigenvalue weighted by Crippen LogP contribution is -2.49. The van der Waals surface area contributed by atoms with Crippen molar-refractivity contribution in [1.82, 2.24) is 15.3 Å².